The van der Waals surface area contributed by atoms with Gasteiger partial charge in [0.05, 0.1) is 0 Å². The van der Waals surface area contributed by atoms with E-state index in [1.807, 2.05) is 0 Å². The third kappa shape index (κ3) is 53.2. The molecule has 0 aromatic rings. The topological polar surface area (TPSA) is 85.9 Å². The number of hydrogen-bond donors (Lipinski definition) is 1. The van der Waals surface area contributed by atoms with Gasteiger partial charge in [-0.3, -0.25) is 0 Å². The number of hydrogen-bond acceptors (Lipinski definition) is 2. The van der Waals surface area contributed by atoms with Crippen LogP contribution in [-0.2, 0) is 5.63 Å². The second kappa shape index (κ2) is 9.64. The monoisotopic (exact) mass is 299 g/mol. The maximum atomic E-state index is 8.73. The Bertz CT molecular complexity index is 55.9. The van der Waals surface area contributed by atoms with Crippen molar-refractivity contribution in [3.63, 3.8) is 0 Å². The van der Waals surface area contributed by atoms with E-state index in [2.05, 4.69) is 0 Å². The summed E-state index contributed by atoms with van der Waals surface area (Å²) in [5, 5.41) is 0. The maximum absolute atomic E-state index is 8.73. The predicted octanol–water partition coefficient (Wildman–Crippen LogP) is -2.38. The van der Waals surface area contributed by atoms with Crippen LogP contribution in [0.25, 0.3) is 0 Å². The number of rotatable bonds is 0. The zero-order valence-corrected chi connectivity index (χ0v) is 8.69. The fourth-order valence-corrected chi connectivity index (χ4v) is 0. The molecular formula is H3BiNaO4. The van der Waals surface area contributed by atoms with E-state index in [0.717, 1.165) is 0 Å². The first kappa shape index (κ1) is 15.7. The molecule has 0 saturated heterocycles. The van der Waals surface area contributed by atoms with Crippen LogP contribution < -0.4 is 0 Å². The SMILES string of the molecule is O.[Na].[O]=[Bi](=[O])[OH]. The molecule has 0 unspecified atom stereocenters. The second-order valence-corrected chi connectivity index (χ2v) is 2.09. The molecule has 0 aliphatic carbocycles. The Balaban J connectivity index is -0.0000000450. The van der Waals surface area contributed by atoms with E-state index < -0.39 is 22.2 Å². The molecule has 0 aliphatic heterocycles. The summed E-state index contributed by atoms with van der Waals surface area (Å²) in [6.45, 7) is 0. The first-order valence-corrected chi connectivity index (χ1v) is 4.96. The zero-order chi connectivity index (χ0) is 3.58. The molecule has 6 heteroatoms. The van der Waals surface area contributed by atoms with E-state index >= 15 is 0 Å². The Labute approximate surface area is 65.3 Å². The van der Waals surface area contributed by atoms with Crippen LogP contribution in [-0.4, -0.2) is 60.4 Å². The molecule has 0 fully saturated rings. The molecule has 0 aliphatic rings. The van der Waals surface area contributed by atoms with Crippen molar-refractivity contribution in [3.05, 3.63) is 0 Å². The van der Waals surface area contributed by atoms with Crippen molar-refractivity contribution < 1.29 is 14.3 Å². The molecule has 0 bridgehead atoms. The summed E-state index contributed by atoms with van der Waals surface area (Å²) in [5.74, 6) is 0. The van der Waals surface area contributed by atoms with E-state index in [-0.39, 0.29) is 35.0 Å². The van der Waals surface area contributed by atoms with Crippen LogP contribution in [0.5, 0.6) is 0 Å². The molecule has 0 saturated carbocycles. The van der Waals surface area contributed by atoms with Gasteiger partial charge < -0.3 is 5.48 Å². The summed E-state index contributed by atoms with van der Waals surface area (Å²) in [6, 6.07) is 0. The average molecular weight is 299 g/mol. The fraction of sp³-hybridized carbons (Fsp3) is 0. The predicted molar refractivity (Wildman–Crippen MR) is 18.7 cm³/mol. The molecule has 0 aromatic heterocycles. The molecule has 0 aromatic carbocycles. The van der Waals surface area contributed by atoms with Crippen LogP contribution in [0, 0.1) is 0 Å². The van der Waals surface area contributed by atoms with Crippen molar-refractivity contribution in [2.75, 3.05) is 0 Å². The van der Waals surface area contributed by atoms with E-state index in [0.29, 0.717) is 0 Å². The van der Waals surface area contributed by atoms with Crippen molar-refractivity contribution in [1.82, 2.24) is 0 Å². The van der Waals surface area contributed by atoms with Crippen LogP contribution in [0.3, 0.4) is 0 Å². The molecule has 0 spiro atoms. The molecule has 0 atom stereocenters. The summed E-state index contributed by atoms with van der Waals surface area (Å²) in [6.07, 6.45) is 0. The Morgan fingerprint density at radius 3 is 1.33 bits per heavy atom. The van der Waals surface area contributed by atoms with E-state index in [9.17, 15) is 0 Å². The van der Waals surface area contributed by atoms with Crippen LogP contribution in [0.1, 0.15) is 0 Å². The third-order valence-corrected chi connectivity index (χ3v) is 0. The fourth-order valence-electron chi connectivity index (χ4n) is 0. The summed E-state index contributed by atoms with van der Waals surface area (Å²) in [5.41, 5.74) is 0. The molecule has 0 heterocycles. The van der Waals surface area contributed by atoms with Crippen molar-refractivity contribution >= 4 is 51.8 Å². The Kier molecular flexibility index (Phi) is 25.2. The van der Waals surface area contributed by atoms with Gasteiger partial charge in [-0.2, -0.15) is 0 Å². The molecule has 4 nitrogen and oxygen atoms in total. The summed E-state index contributed by atoms with van der Waals surface area (Å²) in [4.78, 5) is 0. The van der Waals surface area contributed by atoms with Crippen LogP contribution in [0.15, 0.2) is 0 Å². The zero-order valence-electron chi connectivity index (χ0n) is 3.21. The van der Waals surface area contributed by atoms with Gasteiger partial charge in [-0.15, -0.1) is 0 Å². The first-order valence-electron chi connectivity index (χ1n) is 0.565. The van der Waals surface area contributed by atoms with Crippen molar-refractivity contribution in [2.24, 2.45) is 0 Å². The normalized spacial score (nSPS) is 4.17. The van der Waals surface area contributed by atoms with E-state index in [1.54, 1.807) is 0 Å². The molecule has 1 radical (unpaired) electrons. The molecule has 6 heavy (non-hydrogen) atoms. The molecule has 33 valence electrons. The van der Waals surface area contributed by atoms with Gasteiger partial charge in [-0.05, 0) is 0 Å². The summed E-state index contributed by atoms with van der Waals surface area (Å²) >= 11 is -4.09. The van der Waals surface area contributed by atoms with Gasteiger partial charge in [0.15, 0.2) is 0 Å². The standard InChI is InChI=1S/Bi.Na.2H2O.2O/h;;2*1H2;;/q+1;;;;;/p-1. The van der Waals surface area contributed by atoms with Gasteiger partial charge in [-0.1, -0.05) is 0 Å². The quantitative estimate of drug-likeness (QED) is 0.507. The van der Waals surface area contributed by atoms with Crippen LogP contribution in [0.2, 0.25) is 0 Å². The molecule has 0 amide bonds. The Morgan fingerprint density at radius 1 is 1.33 bits per heavy atom. The average Bonchev–Trinajstić information content (AvgIpc) is 0.811. The van der Waals surface area contributed by atoms with E-state index in [4.69, 9.17) is 8.81 Å². The molecule has 0 rings (SSSR count). The van der Waals surface area contributed by atoms with Gasteiger partial charge >= 0.3 is 31.0 Å². The van der Waals surface area contributed by atoms with Crippen molar-refractivity contribution in [2.45, 2.75) is 0 Å². The van der Waals surface area contributed by atoms with Crippen LogP contribution in [0.4, 0.5) is 0 Å². The van der Waals surface area contributed by atoms with Crippen molar-refractivity contribution in [1.29, 1.82) is 0 Å². The van der Waals surface area contributed by atoms with Crippen LogP contribution >= 0.6 is 0 Å². The van der Waals surface area contributed by atoms with Gasteiger partial charge in [-0.25, -0.2) is 0 Å². The van der Waals surface area contributed by atoms with E-state index in [1.165, 1.54) is 0 Å². The third-order valence-electron chi connectivity index (χ3n) is 0. The summed E-state index contributed by atoms with van der Waals surface area (Å²) in [7, 11) is 0. The first-order chi connectivity index (χ1) is 1.73. The molecule has 3 N–H and O–H groups in total. The van der Waals surface area contributed by atoms with Crippen molar-refractivity contribution in [3.8, 4) is 0 Å². The Morgan fingerprint density at radius 2 is 1.33 bits per heavy atom. The van der Waals surface area contributed by atoms with Gasteiger partial charge in [0.2, 0.25) is 0 Å². The van der Waals surface area contributed by atoms with Gasteiger partial charge in [0.25, 0.3) is 0 Å². The minimum absolute atomic E-state index is 0. The minimum atomic E-state index is -4.09. The Hall–Kier alpha value is 1.40. The molecular weight excluding hydrogens is 296 g/mol. The second-order valence-electron chi connectivity index (χ2n) is 0.238. The van der Waals surface area contributed by atoms with Gasteiger partial charge in [0.1, 0.15) is 0 Å². The summed E-state index contributed by atoms with van der Waals surface area (Å²) < 4.78 is 24.6. The van der Waals surface area contributed by atoms with Gasteiger partial charge in [0, 0.05) is 29.6 Å².